The number of hydrogen-bond acceptors (Lipinski definition) is 3. The van der Waals surface area contributed by atoms with Crippen molar-refractivity contribution in [2.45, 2.75) is 32.9 Å². The molecule has 26 heavy (non-hydrogen) atoms. The van der Waals surface area contributed by atoms with Crippen LogP contribution < -0.4 is 10.1 Å². The standard InChI is InChI=1S/C20H20ClFN2O2/c1-12(2)19(26-18-7-5-4-6-15(18)11-23)20(25)24-13(3)14-8-9-17(22)16(21)10-14/h4-10,12-13,19H,1-3H3,(H,24,25). The lowest BCUT2D eigenvalue weighted by Gasteiger charge is -2.24. The van der Waals surface area contributed by atoms with Crippen molar-refractivity contribution in [2.24, 2.45) is 5.92 Å². The van der Waals surface area contributed by atoms with E-state index in [0.717, 1.165) is 0 Å². The van der Waals surface area contributed by atoms with Gasteiger partial charge in [0.05, 0.1) is 16.6 Å². The molecular weight excluding hydrogens is 355 g/mol. The van der Waals surface area contributed by atoms with Crippen LogP contribution in [0.2, 0.25) is 5.02 Å². The van der Waals surface area contributed by atoms with Crippen LogP contribution in [0, 0.1) is 23.1 Å². The molecule has 2 rings (SSSR count). The van der Waals surface area contributed by atoms with Crippen molar-refractivity contribution in [1.29, 1.82) is 5.26 Å². The van der Waals surface area contributed by atoms with Crippen molar-refractivity contribution < 1.29 is 13.9 Å². The van der Waals surface area contributed by atoms with Crippen LogP contribution in [0.4, 0.5) is 4.39 Å². The van der Waals surface area contributed by atoms with E-state index in [9.17, 15) is 14.4 Å². The van der Waals surface area contributed by atoms with Gasteiger partial charge < -0.3 is 10.1 Å². The van der Waals surface area contributed by atoms with E-state index >= 15 is 0 Å². The van der Waals surface area contributed by atoms with Gasteiger partial charge in [-0.3, -0.25) is 4.79 Å². The van der Waals surface area contributed by atoms with Crippen LogP contribution in [0.25, 0.3) is 0 Å². The van der Waals surface area contributed by atoms with E-state index in [0.29, 0.717) is 16.9 Å². The number of ether oxygens (including phenoxy) is 1. The molecule has 0 aliphatic rings. The number of amides is 1. The third-order valence-corrected chi connectivity index (χ3v) is 4.22. The lowest BCUT2D eigenvalue weighted by atomic mass is 10.0. The molecule has 0 saturated heterocycles. The number of carbonyl (C=O) groups excluding carboxylic acids is 1. The first-order chi connectivity index (χ1) is 12.3. The van der Waals surface area contributed by atoms with Crippen molar-refractivity contribution in [3.05, 3.63) is 64.4 Å². The van der Waals surface area contributed by atoms with E-state index in [1.165, 1.54) is 12.1 Å². The number of carbonyl (C=O) groups is 1. The Balaban J connectivity index is 2.15. The molecule has 0 radical (unpaired) electrons. The Morgan fingerprint density at radius 2 is 1.92 bits per heavy atom. The molecule has 0 saturated carbocycles. The summed E-state index contributed by atoms with van der Waals surface area (Å²) in [5, 5.41) is 12.0. The van der Waals surface area contributed by atoms with Crippen LogP contribution in [-0.2, 0) is 4.79 Å². The maximum absolute atomic E-state index is 13.3. The number of nitrogens with one attached hydrogen (secondary N) is 1. The zero-order valence-corrected chi connectivity index (χ0v) is 15.5. The van der Waals surface area contributed by atoms with E-state index in [-0.39, 0.29) is 22.9 Å². The van der Waals surface area contributed by atoms with Gasteiger partial charge in [-0.15, -0.1) is 0 Å². The highest BCUT2D eigenvalue weighted by Gasteiger charge is 2.26. The fourth-order valence-electron chi connectivity index (χ4n) is 2.45. The SMILES string of the molecule is CC(NC(=O)C(Oc1ccccc1C#N)C(C)C)c1ccc(F)c(Cl)c1. The summed E-state index contributed by atoms with van der Waals surface area (Å²) in [5.74, 6) is -0.585. The van der Waals surface area contributed by atoms with E-state index in [2.05, 4.69) is 11.4 Å². The molecule has 0 heterocycles. The molecule has 2 unspecified atom stereocenters. The smallest absolute Gasteiger partial charge is 0.261 e. The summed E-state index contributed by atoms with van der Waals surface area (Å²) in [4.78, 5) is 12.7. The Morgan fingerprint density at radius 1 is 1.23 bits per heavy atom. The highest BCUT2D eigenvalue weighted by molar-refractivity contribution is 6.30. The number of hydrogen-bond donors (Lipinski definition) is 1. The van der Waals surface area contributed by atoms with Gasteiger partial charge in [-0.1, -0.05) is 43.6 Å². The zero-order chi connectivity index (χ0) is 19.3. The molecule has 1 N–H and O–H groups in total. The van der Waals surface area contributed by atoms with Crippen molar-refractivity contribution in [1.82, 2.24) is 5.32 Å². The topological polar surface area (TPSA) is 62.1 Å². The minimum atomic E-state index is -0.775. The largest absolute Gasteiger partial charge is 0.479 e. The maximum atomic E-state index is 13.3. The number of benzene rings is 2. The summed E-state index contributed by atoms with van der Waals surface area (Å²) < 4.78 is 19.1. The fraction of sp³-hybridized carbons (Fsp3) is 0.300. The zero-order valence-electron chi connectivity index (χ0n) is 14.8. The molecule has 6 heteroatoms. The molecular formula is C20H20ClFN2O2. The summed E-state index contributed by atoms with van der Waals surface area (Å²) >= 11 is 5.81. The molecule has 2 aromatic carbocycles. The molecule has 0 bridgehead atoms. The second-order valence-electron chi connectivity index (χ2n) is 6.29. The van der Waals surface area contributed by atoms with Gasteiger partial charge >= 0.3 is 0 Å². The Hall–Kier alpha value is -2.58. The third-order valence-electron chi connectivity index (χ3n) is 3.93. The van der Waals surface area contributed by atoms with Crippen molar-refractivity contribution in [2.75, 3.05) is 0 Å². The van der Waals surface area contributed by atoms with Crippen molar-refractivity contribution in [3.8, 4) is 11.8 Å². The summed E-state index contributed by atoms with van der Waals surface area (Å²) in [6.07, 6.45) is -0.775. The van der Waals surface area contributed by atoms with Gasteiger partial charge in [0.2, 0.25) is 0 Å². The lowest BCUT2D eigenvalue weighted by molar-refractivity contribution is -0.130. The molecule has 4 nitrogen and oxygen atoms in total. The molecule has 0 aliphatic carbocycles. The Kier molecular flexibility index (Phi) is 6.59. The normalized spacial score (nSPS) is 13.0. The van der Waals surface area contributed by atoms with Crippen LogP contribution in [0.3, 0.4) is 0 Å². The first-order valence-corrected chi connectivity index (χ1v) is 8.62. The van der Waals surface area contributed by atoms with E-state index in [4.69, 9.17) is 16.3 Å². The minimum absolute atomic E-state index is 0.00297. The molecule has 0 spiro atoms. The van der Waals surface area contributed by atoms with Gasteiger partial charge in [0, 0.05) is 0 Å². The molecule has 2 atom stereocenters. The van der Waals surface area contributed by atoms with Crippen molar-refractivity contribution in [3.63, 3.8) is 0 Å². The predicted molar refractivity (Wildman–Crippen MR) is 98.4 cm³/mol. The average molecular weight is 375 g/mol. The van der Waals surface area contributed by atoms with Crippen LogP contribution in [0.5, 0.6) is 5.75 Å². The van der Waals surface area contributed by atoms with Crippen LogP contribution in [-0.4, -0.2) is 12.0 Å². The number of halogens is 2. The highest BCUT2D eigenvalue weighted by atomic mass is 35.5. The Morgan fingerprint density at radius 3 is 2.54 bits per heavy atom. The molecule has 0 aliphatic heterocycles. The van der Waals surface area contributed by atoms with Gasteiger partial charge in [-0.05, 0) is 42.7 Å². The lowest BCUT2D eigenvalue weighted by Crippen LogP contribution is -2.42. The second-order valence-corrected chi connectivity index (χ2v) is 6.70. The quantitative estimate of drug-likeness (QED) is 0.801. The molecule has 136 valence electrons. The summed E-state index contributed by atoms with van der Waals surface area (Å²) in [6.45, 7) is 5.50. The van der Waals surface area contributed by atoms with Crippen LogP contribution in [0.1, 0.15) is 37.9 Å². The van der Waals surface area contributed by atoms with Gasteiger partial charge in [0.25, 0.3) is 5.91 Å². The second kappa shape index (κ2) is 8.68. The van der Waals surface area contributed by atoms with E-state index < -0.39 is 11.9 Å². The van der Waals surface area contributed by atoms with Gasteiger partial charge in [0.15, 0.2) is 6.10 Å². The first-order valence-electron chi connectivity index (χ1n) is 8.24. The first kappa shape index (κ1) is 19.7. The third kappa shape index (κ3) is 4.74. The number of nitrogens with zero attached hydrogens (tertiary/aromatic N) is 1. The summed E-state index contributed by atoms with van der Waals surface area (Å²) in [7, 11) is 0. The number of rotatable bonds is 6. The Bertz CT molecular complexity index is 833. The summed E-state index contributed by atoms with van der Waals surface area (Å²) in [6, 6.07) is 12.8. The highest BCUT2D eigenvalue weighted by Crippen LogP contribution is 2.23. The Labute approximate surface area is 157 Å². The average Bonchev–Trinajstić information content (AvgIpc) is 2.61. The minimum Gasteiger partial charge on any atom is -0.479 e. The molecule has 0 aromatic heterocycles. The predicted octanol–water partition coefficient (Wildman–Crippen LogP) is 4.63. The van der Waals surface area contributed by atoms with E-state index in [1.54, 1.807) is 37.3 Å². The van der Waals surface area contributed by atoms with Crippen LogP contribution in [0.15, 0.2) is 42.5 Å². The van der Waals surface area contributed by atoms with Crippen LogP contribution >= 0.6 is 11.6 Å². The molecule has 1 amide bonds. The van der Waals surface area contributed by atoms with Gasteiger partial charge in [-0.2, -0.15) is 5.26 Å². The number of nitriles is 1. The maximum Gasteiger partial charge on any atom is 0.261 e. The van der Waals surface area contributed by atoms with Crippen molar-refractivity contribution >= 4 is 17.5 Å². The fourth-order valence-corrected chi connectivity index (χ4v) is 2.64. The van der Waals surface area contributed by atoms with Gasteiger partial charge in [-0.25, -0.2) is 4.39 Å². The number of para-hydroxylation sites is 1. The van der Waals surface area contributed by atoms with Gasteiger partial charge in [0.1, 0.15) is 17.6 Å². The molecule has 0 fully saturated rings. The van der Waals surface area contributed by atoms with E-state index in [1.807, 2.05) is 13.8 Å². The monoisotopic (exact) mass is 374 g/mol. The molecule has 2 aromatic rings. The summed E-state index contributed by atoms with van der Waals surface area (Å²) in [5.41, 5.74) is 1.05.